The van der Waals surface area contributed by atoms with Crippen LogP contribution in [0.1, 0.15) is 265 Å². The van der Waals surface area contributed by atoms with Gasteiger partial charge in [-0.1, -0.05) is 179 Å². The van der Waals surface area contributed by atoms with E-state index in [1.54, 1.807) is 66.9 Å². The second-order valence-corrected chi connectivity index (χ2v) is 19.4. The van der Waals surface area contributed by atoms with Gasteiger partial charge in [-0.25, -0.2) is 0 Å². The zero-order valence-corrected chi connectivity index (χ0v) is 51.8. The number of rotatable bonds is 24. The first-order valence-corrected chi connectivity index (χ1v) is 26.3. The molecule has 0 fully saturated rings. The molecular formula is C60H104Cl2Zr2-2. The third-order valence-corrected chi connectivity index (χ3v) is 14.8. The van der Waals surface area contributed by atoms with Crippen LogP contribution in [0, 0.1) is 23.7 Å². The monoisotopic (exact) mass is 1070 g/mol. The Morgan fingerprint density at radius 1 is 0.281 bits per heavy atom. The number of halogens is 2. The van der Waals surface area contributed by atoms with Gasteiger partial charge in [0.2, 0.25) is 0 Å². The zero-order chi connectivity index (χ0) is 45.0. The summed E-state index contributed by atoms with van der Waals surface area (Å²) in [6.45, 7) is 36.7. The molecule has 0 aliphatic heterocycles. The largest absolute Gasteiger partial charge is 1.00 e. The van der Waals surface area contributed by atoms with Crippen molar-refractivity contribution in [1.29, 1.82) is 0 Å². The fourth-order valence-corrected chi connectivity index (χ4v) is 9.54. The van der Waals surface area contributed by atoms with Crippen molar-refractivity contribution in [2.45, 2.75) is 265 Å². The standard InChI is InChI=1S/4C15H26.2ClH.2Zr/c4*1-5-7-9-14-11-15(10-8-6-2)13(4)12(14)3;;;;/h4*11,14H,5-10H2,1-4H3;2*1H;;/p-2. The molecule has 0 aromatic carbocycles. The Balaban J connectivity index is -0.000000367. The fourth-order valence-electron chi connectivity index (χ4n) is 9.54. The molecule has 0 spiro atoms. The first-order chi connectivity index (χ1) is 28.8. The molecule has 0 saturated carbocycles. The second kappa shape index (κ2) is 42.2. The Bertz CT molecular complexity index is 1270. The third kappa shape index (κ3) is 25.2. The first kappa shape index (κ1) is 70.8. The Kier molecular flexibility index (Phi) is 46.7. The summed E-state index contributed by atoms with van der Waals surface area (Å²) in [7, 11) is 0. The molecule has 0 radical (unpaired) electrons. The van der Waals surface area contributed by atoms with Crippen LogP contribution >= 0.6 is 0 Å². The van der Waals surface area contributed by atoms with Crippen molar-refractivity contribution in [1.82, 2.24) is 0 Å². The normalized spacial score (nSPS) is 19.8. The number of unbranched alkanes of at least 4 members (excludes halogenated alkanes) is 8. The molecule has 0 heterocycles. The van der Waals surface area contributed by atoms with E-state index in [-0.39, 0.29) is 77.2 Å². The summed E-state index contributed by atoms with van der Waals surface area (Å²) in [6, 6.07) is 0. The van der Waals surface area contributed by atoms with Gasteiger partial charge in [0.05, 0.1) is 0 Å². The molecule has 0 bridgehead atoms. The predicted octanol–water partition coefficient (Wildman–Crippen LogP) is 15.0. The van der Waals surface area contributed by atoms with E-state index in [9.17, 15) is 0 Å². The zero-order valence-electron chi connectivity index (χ0n) is 45.3. The maximum Gasteiger partial charge on any atom is 0 e. The van der Waals surface area contributed by atoms with Crippen molar-refractivity contribution in [3.63, 3.8) is 0 Å². The van der Waals surface area contributed by atoms with Gasteiger partial charge in [0, 0.05) is 52.4 Å². The van der Waals surface area contributed by atoms with E-state index in [4.69, 9.17) is 0 Å². The topological polar surface area (TPSA) is 0 Å². The number of allylic oxidation sites excluding steroid dienone is 16. The van der Waals surface area contributed by atoms with Crippen molar-refractivity contribution < 1.29 is 77.2 Å². The summed E-state index contributed by atoms with van der Waals surface area (Å²) < 4.78 is 0. The van der Waals surface area contributed by atoms with Crippen LogP contribution < -0.4 is 24.8 Å². The Morgan fingerprint density at radius 3 is 0.578 bits per heavy atom. The molecule has 0 aromatic heterocycles. The fraction of sp³-hybridized carbons (Fsp3) is 0.733. The molecule has 4 rings (SSSR count). The van der Waals surface area contributed by atoms with Crippen LogP contribution in [-0.4, -0.2) is 0 Å². The molecule has 0 amide bonds. The molecular weight excluding hydrogens is 974 g/mol. The minimum Gasteiger partial charge on any atom is -1.00 e. The van der Waals surface area contributed by atoms with Crippen molar-refractivity contribution in [2.75, 3.05) is 0 Å². The predicted molar refractivity (Wildman–Crippen MR) is 276 cm³/mol. The summed E-state index contributed by atoms with van der Waals surface area (Å²) in [5, 5.41) is 0. The molecule has 4 unspecified atom stereocenters. The molecule has 4 heteroatoms. The van der Waals surface area contributed by atoms with Crippen LogP contribution in [0.5, 0.6) is 0 Å². The summed E-state index contributed by atoms with van der Waals surface area (Å²) >= 11 is 0. The van der Waals surface area contributed by atoms with Crippen molar-refractivity contribution in [3.8, 4) is 0 Å². The van der Waals surface area contributed by atoms with Gasteiger partial charge >= 0.3 is 0 Å². The minimum atomic E-state index is 0. The van der Waals surface area contributed by atoms with E-state index in [1.165, 1.54) is 154 Å². The molecule has 0 N–H and O–H groups in total. The van der Waals surface area contributed by atoms with Crippen molar-refractivity contribution in [3.05, 3.63) is 91.2 Å². The molecule has 64 heavy (non-hydrogen) atoms. The van der Waals surface area contributed by atoms with Gasteiger partial charge in [-0.05, 0) is 201 Å². The molecule has 368 valence electrons. The van der Waals surface area contributed by atoms with Gasteiger partial charge in [-0.3, -0.25) is 0 Å². The first-order valence-electron chi connectivity index (χ1n) is 26.3. The number of hydrogen-bond donors (Lipinski definition) is 0. The van der Waals surface area contributed by atoms with Gasteiger partial charge in [-0.2, -0.15) is 0 Å². The quantitative estimate of drug-likeness (QED) is 0.0904. The Hall–Kier alpha value is 0.266. The summed E-state index contributed by atoms with van der Waals surface area (Å²) in [5.74, 6) is 3.04. The Labute approximate surface area is 453 Å². The molecule has 4 aliphatic carbocycles. The maximum absolute atomic E-state index is 2.54. The van der Waals surface area contributed by atoms with E-state index in [1.807, 2.05) is 0 Å². The molecule has 0 aromatic rings. The van der Waals surface area contributed by atoms with Gasteiger partial charge in [0.25, 0.3) is 0 Å². The smallest absolute Gasteiger partial charge is 0 e. The summed E-state index contributed by atoms with van der Waals surface area (Å²) in [6.07, 6.45) is 42.1. The number of hydrogen-bond acceptors (Lipinski definition) is 0. The molecule has 4 aliphatic rings. The van der Waals surface area contributed by atoms with E-state index in [0.717, 1.165) is 23.7 Å². The van der Waals surface area contributed by atoms with E-state index in [0.29, 0.717) is 0 Å². The summed E-state index contributed by atoms with van der Waals surface area (Å²) in [4.78, 5) is 0. The van der Waals surface area contributed by atoms with Gasteiger partial charge in [-0.15, -0.1) is 0 Å². The van der Waals surface area contributed by atoms with Crippen molar-refractivity contribution in [2.24, 2.45) is 23.7 Å². The summed E-state index contributed by atoms with van der Waals surface area (Å²) in [5.41, 5.74) is 19.4. The van der Waals surface area contributed by atoms with E-state index >= 15 is 0 Å². The van der Waals surface area contributed by atoms with E-state index < -0.39 is 0 Å². The van der Waals surface area contributed by atoms with E-state index in [2.05, 4.69) is 135 Å². The Morgan fingerprint density at radius 2 is 0.438 bits per heavy atom. The van der Waals surface area contributed by atoms with Crippen LogP contribution in [0.3, 0.4) is 0 Å². The SMILES string of the molecule is CCCCC1=CC(CCCC)C(C)=C1C.CCCCC1=CC(CCCC)C(C)=C1C.CCCCC1=CC(CCCC)C(C)=C1C.CCCCC1=CC(CCCC)C(C)=C1C.[Cl-].[Cl-].[Zr].[Zr]. The van der Waals surface area contributed by atoms with Crippen LogP contribution in [0.2, 0.25) is 0 Å². The van der Waals surface area contributed by atoms with Gasteiger partial charge < -0.3 is 24.8 Å². The minimum absolute atomic E-state index is 0. The van der Waals surface area contributed by atoms with Crippen LogP contribution in [0.15, 0.2) is 91.2 Å². The average molecular weight is 1080 g/mol. The van der Waals surface area contributed by atoms with Crippen LogP contribution in [0.25, 0.3) is 0 Å². The second-order valence-electron chi connectivity index (χ2n) is 19.4. The van der Waals surface area contributed by atoms with Gasteiger partial charge in [0.15, 0.2) is 0 Å². The molecule has 0 saturated heterocycles. The molecule has 0 nitrogen and oxygen atoms in total. The third-order valence-electron chi connectivity index (χ3n) is 14.8. The van der Waals surface area contributed by atoms with Gasteiger partial charge in [0.1, 0.15) is 0 Å². The van der Waals surface area contributed by atoms with Crippen LogP contribution in [-0.2, 0) is 52.4 Å². The van der Waals surface area contributed by atoms with Crippen molar-refractivity contribution >= 4 is 0 Å². The van der Waals surface area contributed by atoms with Crippen LogP contribution in [0.4, 0.5) is 0 Å². The maximum atomic E-state index is 2.54. The molecule has 4 atom stereocenters. The average Bonchev–Trinajstić information content (AvgIpc) is 3.89.